The molecule has 0 saturated carbocycles. The zero-order chi connectivity index (χ0) is 12.1. The lowest BCUT2D eigenvalue weighted by molar-refractivity contribution is 0.0593. The van der Waals surface area contributed by atoms with Gasteiger partial charge in [0.1, 0.15) is 5.82 Å². The fourth-order valence-electron chi connectivity index (χ4n) is 1.69. The van der Waals surface area contributed by atoms with Crippen molar-refractivity contribution in [3.05, 3.63) is 18.1 Å². The molecule has 6 heteroatoms. The first-order valence-electron chi connectivity index (χ1n) is 5.54. The van der Waals surface area contributed by atoms with Gasteiger partial charge < -0.3 is 14.8 Å². The summed E-state index contributed by atoms with van der Waals surface area (Å²) in [5.74, 6) is 0.118. The largest absolute Gasteiger partial charge is 0.464 e. The smallest absolute Gasteiger partial charge is 0.358 e. The van der Waals surface area contributed by atoms with E-state index in [1.807, 2.05) is 0 Å². The number of rotatable bonds is 3. The van der Waals surface area contributed by atoms with E-state index in [9.17, 15) is 4.79 Å². The van der Waals surface area contributed by atoms with E-state index in [2.05, 4.69) is 20.0 Å². The van der Waals surface area contributed by atoms with Gasteiger partial charge in [-0.2, -0.15) is 0 Å². The Hall–Kier alpha value is -1.69. The number of carbonyl (C=O) groups excluding carboxylic acids is 1. The standard InChI is InChI=1S/C11H15N3O3/c1-16-11(15)9-6-12-7-10(14-9)13-8-2-4-17-5-3-8/h6-8H,2-5H2,1H3,(H,13,14). The summed E-state index contributed by atoms with van der Waals surface area (Å²) in [6.07, 6.45) is 4.86. The average molecular weight is 237 g/mol. The Labute approximate surface area is 99.4 Å². The fourth-order valence-corrected chi connectivity index (χ4v) is 1.69. The van der Waals surface area contributed by atoms with E-state index in [-0.39, 0.29) is 5.69 Å². The predicted molar refractivity (Wildman–Crippen MR) is 60.8 cm³/mol. The van der Waals surface area contributed by atoms with Crippen LogP contribution >= 0.6 is 0 Å². The molecule has 0 bridgehead atoms. The first kappa shape index (κ1) is 11.8. The highest BCUT2D eigenvalue weighted by molar-refractivity contribution is 5.87. The number of hydrogen-bond donors (Lipinski definition) is 1. The first-order valence-corrected chi connectivity index (χ1v) is 5.54. The average Bonchev–Trinajstić information content (AvgIpc) is 2.39. The predicted octanol–water partition coefficient (Wildman–Crippen LogP) is 0.854. The third-order valence-corrected chi connectivity index (χ3v) is 2.60. The Morgan fingerprint density at radius 3 is 2.94 bits per heavy atom. The second-order valence-electron chi connectivity index (χ2n) is 3.81. The summed E-state index contributed by atoms with van der Waals surface area (Å²) < 4.78 is 9.86. The fraction of sp³-hybridized carbons (Fsp3) is 0.545. The molecule has 0 amide bonds. The molecule has 6 nitrogen and oxygen atoms in total. The molecule has 0 unspecified atom stereocenters. The molecular weight excluding hydrogens is 222 g/mol. The molecule has 1 aromatic rings. The Morgan fingerprint density at radius 1 is 1.47 bits per heavy atom. The van der Waals surface area contributed by atoms with Gasteiger partial charge in [-0.25, -0.2) is 9.78 Å². The van der Waals surface area contributed by atoms with Gasteiger partial charge in [-0.15, -0.1) is 0 Å². The van der Waals surface area contributed by atoms with Crippen LogP contribution in [0.4, 0.5) is 5.82 Å². The number of anilines is 1. The van der Waals surface area contributed by atoms with Crippen LogP contribution in [0.5, 0.6) is 0 Å². The van der Waals surface area contributed by atoms with Gasteiger partial charge in [-0.3, -0.25) is 4.98 Å². The quantitative estimate of drug-likeness (QED) is 0.786. The molecule has 0 aliphatic carbocycles. The zero-order valence-electron chi connectivity index (χ0n) is 9.68. The molecule has 2 rings (SSSR count). The van der Waals surface area contributed by atoms with Gasteiger partial charge in [0.25, 0.3) is 0 Å². The van der Waals surface area contributed by atoms with E-state index in [1.54, 1.807) is 6.20 Å². The molecule has 0 atom stereocenters. The van der Waals surface area contributed by atoms with Gasteiger partial charge in [-0.1, -0.05) is 0 Å². The Bertz CT molecular complexity index is 391. The minimum atomic E-state index is -0.479. The van der Waals surface area contributed by atoms with E-state index in [0.717, 1.165) is 26.1 Å². The van der Waals surface area contributed by atoms with Gasteiger partial charge in [0.15, 0.2) is 5.69 Å². The van der Waals surface area contributed by atoms with Crippen LogP contribution in [0.25, 0.3) is 0 Å². The number of aromatic nitrogens is 2. The summed E-state index contributed by atoms with van der Waals surface area (Å²) in [4.78, 5) is 19.4. The Balaban J connectivity index is 2.02. The van der Waals surface area contributed by atoms with Crippen molar-refractivity contribution in [2.75, 3.05) is 25.6 Å². The maximum absolute atomic E-state index is 11.3. The molecule has 92 valence electrons. The highest BCUT2D eigenvalue weighted by atomic mass is 16.5. The van der Waals surface area contributed by atoms with Crippen molar-refractivity contribution in [3.63, 3.8) is 0 Å². The highest BCUT2D eigenvalue weighted by Gasteiger charge is 2.15. The van der Waals surface area contributed by atoms with Crippen LogP contribution < -0.4 is 5.32 Å². The maximum Gasteiger partial charge on any atom is 0.358 e. The van der Waals surface area contributed by atoms with Gasteiger partial charge >= 0.3 is 5.97 Å². The molecule has 0 spiro atoms. The minimum absolute atomic E-state index is 0.213. The van der Waals surface area contributed by atoms with Crippen LogP contribution in [0.2, 0.25) is 0 Å². The monoisotopic (exact) mass is 237 g/mol. The second-order valence-corrected chi connectivity index (χ2v) is 3.81. The summed E-state index contributed by atoms with van der Waals surface area (Å²) in [6, 6.07) is 0.325. The molecule has 0 aromatic carbocycles. The van der Waals surface area contributed by atoms with Crippen LogP contribution in [-0.4, -0.2) is 42.3 Å². The third kappa shape index (κ3) is 3.13. The van der Waals surface area contributed by atoms with Crippen molar-refractivity contribution in [3.8, 4) is 0 Å². The number of methoxy groups -OCH3 is 1. The minimum Gasteiger partial charge on any atom is -0.464 e. The number of hydrogen-bond acceptors (Lipinski definition) is 6. The van der Waals surface area contributed by atoms with Crippen molar-refractivity contribution < 1.29 is 14.3 Å². The van der Waals surface area contributed by atoms with Gasteiger partial charge in [-0.05, 0) is 12.8 Å². The van der Waals surface area contributed by atoms with Gasteiger partial charge in [0.2, 0.25) is 0 Å². The van der Waals surface area contributed by atoms with Gasteiger partial charge in [0, 0.05) is 19.3 Å². The SMILES string of the molecule is COC(=O)c1cncc(NC2CCOCC2)n1. The molecular formula is C11H15N3O3. The van der Waals surface area contributed by atoms with Crippen molar-refractivity contribution in [2.45, 2.75) is 18.9 Å². The van der Waals surface area contributed by atoms with E-state index in [1.165, 1.54) is 13.3 Å². The van der Waals surface area contributed by atoms with E-state index in [0.29, 0.717) is 11.9 Å². The van der Waals surface area contributed by atoms with Crippen LogP contribution in [0.15, 0.2) is 12.4 Å². The van der Waals surface area contributed by atoms with Crippen LogP contribution in [0.1, 0.15) is 23.3 Å². The molecule has 1 N–H and O–H groups in total. The molecule has 1 aromatic heterocycles. The molecule has 1 saturated heterocycles. The van der Waals surface area contributed by atoms with E-state index >= 15 is 0 Å². The number of ether oxygens (including phenoxy) is 2. The summed E-state index contributed by atoms with van der Waals surface area (Å²) in [6.45, 7) is 1.50. The van der Waals surface area contributed by atoms with E-state index < -0.39 is 5.97 Å². The molecule has 1 fully saturated rings. The summed E-state index contributed by atoms with van der Waals surface area (Å²) >= 11 is 0. The molecule has 17 heavy (non-hydrogen) atoms. The number of esters is 1. The summed E-state index contributed by atoms with van der Waals surface area (Å²) in [5, 5.41) is 3.24. The number of carbonyl (C=O) groups is 1. The molecule has 2 heterocycles. The van der Waals surface area contributed by atoms with Crippen LogP contribution in [0.3, 0.4) is 0 Å². The Morgan fingerprint density at radius 2 is 2.24 bits per heavy atom. The normalized spacial score (nSPS) is 16.5. The van der Waals surface area contributed by atoms with Crippen LogP contribution in [0, 0.1) is 0 Å². The van der Waals surface area contributed by atoms with Gasteiger partial charge in [0.05, 0.1) is 19.5 Å². The molecule has 1 aliphatic rings. The zero-order valence-corrected chi connectivity index (χ0v) is 9.68. The highest BCUT2D eigenvalue weighted by Crippen LogP contribution is 2.12. The number of nitrogens with zero attached hydrogens (tertiary/aromatic N) is 2. The lowest BCUT2D eigenvalue weighted by Crippen LogP contribution is -2.28. The topological polar surface area (TPSA) is 73.3 Å². The third-order valence-electron chi connectivity index (χ3n) is 2.60. The van der Waals surface area contributed by atoms with Crippen molar-refractivity contribution in [1.82, 2.24) is 9.97 Å². The number of nitrogens with one attached hydrogen (secondary N) is 1. The second kappa shape index (κ2) is 5.58. The van der Waals surface area contributed by atoms with Crippen LogP contribution in [-0.2, 0) is 9.47 Å². The maximum atomic E-state index is 11.3. The Kier molecular flexibility index (Phi) is 3.87. The molecule has 1 aliphatic heterocycles. The van der Waals surface area contributed by atoms with Crippen molar-refractivity contribution in [2.24, 2.45) is 0 Å². The lowest BCUT2D eigenvalue weighted by atomic mass is 10.1. The lowest BCUT2D eigenvalue weighted by Gasteiger charge is -2.23. The van der Waals surface area contributed by atoms with Crippen molar-refractivity contribution in [1.29, 1.82) is 0 Å². The molecule has 0 radical (unpaired) electrons. The first-order chi connectivity index (χ1) is 8.29. The summed E-state index contributed by atoms with van der Waals surface area (Å²) in [5.41, 5.74) is 0.213. The van der Waals surface area contributed by atoms with E-state index in [4.69, 9.17) is 4.74 Å². The summed E-state index contributed by atoms with van der Waals surface area (Å²) in [7, 11) is 1.32. The van der Waals surface area contributed by atoms with Crippen molar-refractivity contribution >= 4 is 11.8 Å².